The molecule has 3 rings (SSSR count). The Morgan fingerprint density at radius 2 is 1.81 bits per heavy atom. The third-order valence-corrected chi connectivity index (χ3v) is 4.35. The highest BCUT2D eigenvalue weighted by molar-refractivity contribution is 5.77. The van der Waals surface area contributed by atoms with Gasteiger partial charge in [0.1, 0.15) is 13.2 Å². The normalized spacial score (nSPS) is 12.7. The van der Waals surface area contributed by atoms with Crippen molar-refractivity contribution in [1.29, 1.82) is 0 Å². The van der Waals surface area contributed by atoms with Crippen molar-refractivity contribution in [3.8, 4) is 11.5 Å². The first-order valence-electron chi connectivity index (χ1n) is 9.10. The summed E-state index contributed by atoms with van der Waals surface area (Å²) in [6.07, 6.45) is 0.444. The van der Waals surface area contributed by atoms with Crippen molar-refractivity contribution in [3.63, 3.8) is 0 Å². The van der Waals surface area contributed by atoms with Crippen LogP contribution in [0.5, 0.6) is 11.5 Å². The van der Waals surface area contributed by atoms with E-state index in [1.807, 2.05) is 41.3 Å². The Bertz CT molecular complexity index is 731. The standard InChI is InChI=1S/C21H26N2O3/c1-16(2)23(15-17-6-4-3-5-7-17)21(24)10-11-22-18-8-9-19-20(14-18)26-13-12-25-19/h3-9,14,16,22H,10-13,15H2,1-2H3. The lowest BCUT2D eigenvalue weighted by atomic mass is 10.1. The van der Waals surface area contributed by atoms with Crippen LogP contribution in [0.2, 0.25) is 0 Å². The number of amides is 1. The topological polar surface area (TPSA) is 50.8 Å². The second-order valence-corrected chi connectivity index (χ2v) is 6.64. The Kier molecular flexibility index (Phi) is 6.00. The van der Waals surface area contributed by atoms with Crippen LogP contribution in [-0.4, -0.2) is 36.6 Å². The highest BCUT2D eigenvalue weighted by atomic mass is 16.6. The van der Waals surface area contributed by atoms with Gasteiger partial charge in [-0.15, -0.1) is 0 Å². The summed E-state index contributed by atoms with van der Waals surface area (Å²) in [5.41, 5.74) is 2.08. The van der Waals surface area contributed by atoms with Crippen molar-refractivity contribution < 1.29 is 14.3 Å². The van der Waals surface area contributed by atoms with E-state index in [1.165, 1.54) is 0 Å². The number of carbonyl (C=O) groups is 1. The van der Waals surface area contributed by atoms with Gasteiger partial charge < -0.3 is 19.7 Å². The highest BCUT2D eigenvalue weighted by Gasteiger charge is 2.17. The molecule has 1 amide bonds. The smallest absolute Gasteiger partial charge is 0.224 e. The van der Waals surface area contributed by atoms with Gasteiger partial charge in [-0.25, -0.2) is 0 Å². The summed E-state index contributed by atoms with van der Waals surface area (Å²) >= 11 is 0. The van der Waals surface area contributed by atoms with Crippen molar-refractivity contribution in [2.24, 2.45) is 0 Å². The average Bonchev–Trinajstić information content (AvgIpc) is 2.66. The van der Waals surface area contributed by atoms with Crippen molar-refractivity contribution in [2.45, 2.75) is 32.9 Å². The predicted octanol–water partition coefficient (Wildman–Crippen LogP) is 3.70. The van der Waals surface area contributed by atoms with Crippen LogP contribution in [0.3, 0.4) is 0 Å². The van der Waals surface area contributed by atoms with E-state index in [-0.39, 0.29) is 11.9 Å². The van der Waals surface area contributed by atoms with Crippen LogP contribution in [0.15, 0.2) is 48.5 Å². The molecule has 0 bridgehead atoms. The summed E-state index contributed by atoms with van der Waals surface area (Å²) in [6, 6.07) is 16.0. The largest absolute Gasteiger partial charge is 0.486 e. The van der Waals surface area contributed by atoms with E-state index in [4.69, 9.17) is 9.47 Å². The number of hydrogen-bond acceptors (Lipinski definition) is 4. The minimum absolute atomic E-state index is 0.147. The van der Waals surface area contributed by atoms with Gasteiger partial charge in [-0.3, -0.25) is 4.79 Å². The molecule has 5 heteroatoms. The number of anilines is 1. The molecule has 0 saturated heterocycles. The molecule has 0 radical (unpaired) electrons. The Balaban J connectivity index is 1.53. The van der Waals surface area contributed by atoms with Crippen LogP contribution >= 0.6 is 0 Å². The maximum absolute atomic E-state index is 12.7. The first-order valence-corrected chi connectivity index (χ1v) is 9.10. The van der Waals surface area contributed by atoms with Gasteiger partial charge in [0, 0.05) is 37.3 Å². The third kappa shape index (κ3) is 4.69. The Morgan fingerprint density at radius 3 is 2.54 bits per heavy atom. The summed E-state index contributed by atoms with van der Waals surface area (Å²) in [5, 5.41) is 3.30. The minimum atomic E-state index is 0.147. The molecule has 0 fully saturated rings. The average molecular weight is 354 g/mol. The zero-order chi connectivity index (χ0) is 18.4. The molecule has 0 unspecified atom stereocenters. The van der Waals surface area contributed by atoms with Gasteiger partial charge in [-0.1, -0.05) is 30.3 Å². The van der Waals surface area contributed by atoms with Crippen molar-refractivity contribution in [3.05, 3.63) is 54.1 Å². The Morgan fingerprint density at radius 1 is 1.08 bits per heavy atom. The van der Waals surface area contributed by atoms with Gasteiger partial charge in [0.05, 0.1) is 0 Å². The second-order valence-electron chi connectivity index (χ2n) is 6.64. The third-order valence-electron chi connectivity index (χ3n) is 4.35. The predicted molar refractivity (Wildman–Crippen MR) is 103 cm³/mol. The summed E-state index contributed by atoms with van der Waals surface area (Å²) in [6.45, 7) is 6.47. The van der Waals surface area contributed by atoms with Crippen LogP contribution in [0, 0.1) is 0 Å². The molecule has 0 aromatic heterocycles. The molecule has 1 aliphatic rings. The zero-order valence-corrected chi connectivity index (χ0v) is 15.4. The quantitative estimate of drug-likeness (QED) is 0.824. The van der Waals surface area contributed by atoms with E-state index >= 15 is 0 Å². The molecule has 26 heavy (non-hydrogen) atoms. The fourth-order valence-corrected chi connectivity index (χ4v) is 2.95. The Labute approximate surface area is 154 Å². The molecular formula is C21H26N2O3. The zero-order valence-electron chi connectivity index (χ0n) is 15.4. The van der Waals surface area contributed by atoms with Gasteiger partial charge in [-0.05, 0) is 31.5 Å². The van der Waals surface area contributed by atoms with Crippen LogP contribution in [0.1, 0.15) is 25.8 Å². The summed E-state index contributed by atoms with van der Waals surface area (Å²) in [4.78, 5) is 14.6. The maximum Gasteiger partial charge on any atom is 0.224 e. The highest BCUT2D eigenvalue weighted by Crippen LogP contribution is 2.32. The number of rotatable bonds is 7. The van der Waals surface area contributed by atoms with Crippen LogP contribution in [-0.2, 0) is 11.3 Å². The molecule has 0 aliphatic carbocycles. The van der Waals surface area contributed by atoms with Gasteiger partial charge in [0.15, 0.2) is 11.5 Å². The van der Waals surface area contributed by atoms with Gasteiger partial charge >= 0.3 is 0 Å². The summed E-state index contributed by atoms with van der Waals surface area (Å²) in [5.74, 6) is 1.67. The minimum Gasteiger partial charge on any atom is -0.486 e. The van der Waals surface area contributed by atoms with Gasteiger partial charge in [-0.2, -0.15) is 0 Å². The van der Waals surface area contributed by atoms with Crippen LogP contribution in [0.4, 0.5) is 5.69 Å². The lowest BCUT2D eigenvalue weighted by Crippen LogP contribution is -2.37. The molecule has 5 nitrogen and oxygen atoms in total. The van der Waals surface area contributed by atoms with E-state index in [2.05, 4.69) is 31.3 Å². The van der Waals surface area contributed by atoms with E-state index < -0.39 is 0 Å². The molecule has 138 valence electrons. The van der Waals surface area contributed by atoms with E-state index in [1.54, 1.807) is 0 Å². The van der Waals surface area contributed by atoms with Crippen molar-refractivity contribution in [1.82, 2.24) is 4.90 Å². The first-order chi connectivity index (χ1) is 12.6. The molecule has 1 N–H and O–H groups in total. The summed E-state index contributed by atoms with van der Waals surface area (Å²) in [7, 11) is 0. The second kappa shape index (κ2) is 8.61. The molecule has 1 heterocycles. The number of fused-ring (bicyclic) bond motifs is 1. The van der Waals surface area contributed by atoms with Crippen LogP contribution in [0.25, 0.3) is 0 Å². The number of carbonyl (C=O) groups excluding carboxylic acids is 1. The van der Waals surface area contributed by atoms with Crippen LogP contribution < -0.4 is 14.8 Å². The first kappa shape index (κ1) is 18.1. The molecule has 0 saturated carbocycles. The summed E-state index contributed by atoms with van der Waals surface area (Å²) < 4.78 is 11.1. The fraction of sp³-hybridized carbons (Fsp3) is 0.381. The number of ether oxygens (including phenoxy) is 2. The molecule has 2 aromatic carbocycles. The van der Waals surface area contributed by atoms with E-state index in [0.29, 0.717) is 32.7 Å². The lowest BCUT2D eigenvalue weighted by Gasteiger charge is -2.27. The molecule has 0 spiro atoms. The monoisotopic (exact) mass is 354 g/mol. The number of hydrogen-bond donors (Lipinski definition) is 1. The van der Waals surface area contributed by atoms with Crippen molar-refractivity contribution >= 4 is 11.6 Å². The van der Waals surface area contributed by atoms with E-state index in [9.17, 15) is 4.79 Å². The molecule has 1 aliphatic heterocycles. The number of benzene rings is 2. The van der Waals surface area contributed by atoms with E-state index in [0.717, 1.165) is 22.7 Å². The number of nitrogens with zero attached hydrogens (tertiary/aromatic N) is 1. The fourth-order valence-electron chi connectivity index (χ4n) is 2.95. The Hall–Kier alpha value is -2.69. The molecule has 2 aromatic rings. The number of nitrogens with one attached hydrogen (secondary N) is 1. The van der Waals surface area contributed by atoms with Gasteiger partial charge in [0.2, 0.25) is 5.91 Å². The van der Waals surface area contributed by atoms with Gasteiger partial charge in [0.25, 0.3) is 0 Å². The molecule has 0 atom stereocenters. The molecular weight excluding hydrogens is 328 g/mol. The lowest BCUT2D eigenvalue weighted by molar-refractivity contribution is -0.133. The maximum atomic E-state index is 12.7. The van der Waals surface area contributed by atoms with Crippen molar-refractivity contribution in [2.75, 3.05) is 25.1 Å². The SMILES string of the molecule is CC(C)N(Cc1ccccc1)C(=O)CCNc1ccc2c(c1)OCCO2.